The molecule has 0 radical (unpaired) electrons. The Morgan fingerprint density at radius 1 is 1.30 bits per heavy atom. The first-order chi connectivity index (χ1) is 9.20. The summed E-state index contributed by atoms with van der Waals surface area (Å²) < 4.78 is 38.8. The zero-order valence-corrected chi connectivity index (χ0v) is 10.9. The highest BCUT2D eigenvalue weighted by Crippen LogP contribution is 2.36. The maximum atomic E-state index is 12.9. The fraction of sp³-hybridized carbons (Fsp3) is 0.385. The molecule has 20 heavy (non-hydrogen) atoms. The molecule has 0 aliphatic carbocycles. The number of amides is 1. The van der Waals surface area contributed by atoms with Crippen molar-refractivity contribution in [1.82, 2.24) is 4.90 Å². The van der Waals surface area contributed by atoms with E-state index in [0.29, 0.717) is 0 Å². The van der Waals surface area contributed by atoms with Gasteiger partial charge in [0, 0.05) is 13.5 Å². The number of aliphatic carboxylic acids is 1. The molecule has 1 amide bonds. The van der Waals surface area contributed by atoms with Crippen molar-refractivity contribution < 1.29 is 27.9 Å². The normalized spacial score (nSPS) is 12.8. The van der Waals surface area contributed by atoms with Crippen molar-refractivity contribution in [2.75, 3.05) is 6.54 Å². The van der Waals surface area contributed by atoms with Crippen molar-refractivity contribution in [3.05, 3.63) is 35.4 Å². The summed E-state index contributed by atoms with van der Waals surface area (Å²) in [4.78, 5) is 23.6. The number of benzene rings is 1. The van der Waals surface area contributed by atoms with E-state index < -0.39 is 35.2 Å². The molecule has 7 heteroatoms. The average Bonchev–Trinajstić information content (AvgIpc) is 2.33. The van der Waals surface area contributed by atoms with Gasteiger partial charge in [-0.05, 0) is 18.6 Å². The van der Waals surface area contributed by atoms with Crippen molar-refractivity contribution >= 4 is 11.9 Å². The van der Waals surface area contributed by atoms with Gasteiger partial charge in [-0.15, -0.1) is 0 Å². The van der Waals surface area contributed by atoms with Crippen molar-refractivity contribution in [3.63, 3.8) is 0 Å². The summed E-state index contributed by atoms with van der Waals surface area (Å²) in [5.41, 5.74) is -1.49. The van der Waals surface area contributed by atoms with Crippen LogP contribution in [0.2, 0.25) is 0 Å². The molecule has 1 rings (SSSR count). The number of likely N-dealkylation sites (N-methyl/N-ethyl adjacent to an activating group) is 1. The fourth-order valence-corrected chi connectivity index (χ4v) is 2.01. The molecule has 0 saturated carbocycles. The summed E-state index contributed by atoms with van der Waals surface area (Å²) in [6, 6.07) is 2.71. The number of hydrogen-bond donors (Lipinski definition) is 1. The standard InChI is InChI=1S/C13H14F3NO3/c1-3-17(8(2)18)11(12(19)20)9-6-4-5-7-10(9)13(14,15)16/h4-7,11H,3H2,1-2H3,(H,19,20). The number of carbonyl (C=O) groups excluding carboxylic acids is 1. The number of alkyl halides is 3. The van der Waals surface area contributed by atoms with Gasteiger partial charge >= 0.3 is 12.1 Å². The zero-order valence-electron chi connectivity index (χ0n) is 10.9. The van der Waals surface area contributed by atoms with Crippen molar-refractivity contribution in [2.24, 2.45) is 0 Å². The van der Waals surface area contributed by atoms with Crippen LogP contribution in [0.1, 0.15) is 31.0 Å². The maximum Gasteiger partial charge on any atom is 0.416 e. The molecule has 110 valence electrons. The molecule has 0 aliphatic heterocycles. The summed E-state index contributed by atoms with van der Waals surface area (Å²) >= 11 is 0. The van der Waals surface area contributed by atoms with E-state index in [1.54, 1.807) is 0 Å². The van der Waals surface area contributed by atoms with Crippen LogP contribution in [0.25, 0.3) is 0 Å². The number of rotatable bonds is 4. The van der Waals surface area contributed by atoms with Gasteiger partial charge in [-0.25, -0.2) is 4.79 Å². The minimum absolute atomic E-state index is 0.00150. The summed E-state index contributed by atoms with van der Waals surface area (Å²) in [7, 11) is 0. The Labute approximate surface area is 113 Å². The number of hydrogen-bond acceptors (Lipinski definition) is 2. The smallest absolute Gasteiger partial charge is 0.416 e. The van der Waals surface area contributed by atoms with Gasteiger partial charge in [0.15, 0.2) is 6.04 Å². The lowest BCUT2D eigenvalue weighted by molar-refractivity contribution is -0.151. The molecule has 0 saturated heterocycles. The molecule has 1 atom stereocenters. The van der Waals surface area contributed by atoms with Gasteiger partial charge in [0.25, 0.3) is 0 Å². The molecule has 1 N–H and O–H groups in total. The zero-order chi connectivity index (χ0) is 15.5. The third kappa shape index (κ3) is 3.28. The van der Waals surface area contributed by atoms with Crippen LogP contribution in [-0.2, 0) is 15.8 Å². The highest BCUT2D eigenvalue weighted by molar-refractivity contribution is 5.83. The first kappa shape index (κ1) is 16.0. The molecule has 1 aromatic carbocycles. The van der Waals surface area contributed by atoms with Crippen LogP contribution in [0.15, 0.2) is 24.3 Å². The minimum atomic E-state index is -4.68. The van der Waals surface area contributed by atoms with E-state index in [1.165, 1.54) is 19.1 Å². The molecule has 0 bridgehead atoms. The lowest BCUT2D eigenvalue weighted by atomic mass is 9.98. The Balaban J connectivity index is 3.44. The number of carbonyl (C=O) groups is 2. The molecule has 0 fully saturated rings. The fourth-order valence-electron chi connectivity index (χ4n) is 2.01. The molecule has 0 spiro atoms. The van der Waals surface area contributed by atoms with E-state index in [9.17, 15) is 27.9 Å². The Kier molecular flexibility index (Phi) is 4.75. The summed E-state index contributed by atoms with van der Waals surface area (Å²) in [6.45, 7) is 2.63. The van der Waals surface area contributed by atoms with Crippen LogP contribution >= 0.6 is 0 Å². The van der Waals surface area contributed by atoms with E-state index in [2.05, 4.69) is 0 Å². The summed E-state index contributed by atoms with van der Waals surface area (Å²) in [5, 5.41) is 9.21. The van der Waals surface area contributed by atoms with Gasteiger partial charge in [0.05, 0.1) is 5.56 Å². The first-order valence-corrected chi connectivity index (χ1v) is 5.86. The molecule has 0 aromatic heterocycles. The van der Waals surface area contributed by atoms with Crippen molar-refractivity contribution in [1.29, 1.82) is 0 Å². The molecule has 4 nitrogen and oxygen atoms in total. The van der Waals surface area contributed by atoms with Gasteiger partial charge in [-0.2, -0.15) is 13.2 Å². The number of carboxylic acid groups (broad SMARTS) is 1. The van der Waals surface area contributed by atoms with Crippen LogP contribution in [0.5, 0.6) is 0 Å². The number of halogens is 3. The van der Waals surface area contributed by atoms with E-state index >= 15 is 0 Å². The molecular formula is C13H14F3NO3. The highest BCUT2D eigenvalue weighted by Gasteiger charge is 2.39. The first-order valence-electron chi connectivity index (χ1n) is 5.86. The highest BCUT2D eigenvalue weighted by atomic mass is 19.4. The Bertz CT molecular complexity index is 514. The van der Waals surface area contributed by atoms with Crippen molar-refractivity contribution in [2.45, 2.75) is 26.1 Å². The van der Waals surface area contributed by atoms with E-state index in [4.69, 9.17) is 0 Å². The Morgan fingerprint density at radius 3 is 2.25 bits per heavy atom. The molecule has 1 unspecified atom stereocenters. The van der Waals surface area contributed by atoms with Gasteiger partial charge in [0.1, 0.15) is 0 Å². The maximum absolute atomic E-state index is 12.9. The van der Waals surface area contributed by atoms with E-state index in [1.807, 2.05) is 0 Å². The second-order valence-electron chi connectivity index (χ2n) is 4.13. The monoisotopic (exact) mass is 289 g/mol. The Morgan fingerprint density at radius 2 is 1.85 bits per heavy atom. The Hall–Kier alpha value is -2.05. The molecule has 1 aromatic rings. The largest absolute Gasteiger partial charge is 0.479 e. The van der Waals surface area contributed by atoms with Gasteiger partial charge < -0.3 is 10.0 Å². The topological polar surface area (TPSA) is 57.6 Å². The second kappa shape index (κ2) is 5.94. The lowest BCUT2D eigenvalue weighted by Gasteiger charge is -2.28. The molecule has 0 heterocycles. The van der Waals surface area contributed by atoms with Crippen LogP contribution in [-0.4, -0.2) is 28.4 Å². The predicted octanol–water partition coefficient (Wildman–Crippen LogP) is 2.70. The van der Waals surface area contributed by atoms with Gasteiger partial charge in [0.2, 0.25) is 5.91 Å². The lowest BCUT2D eigenvalue weighted by Crippen LogP contribution is -2.38. The van der Waals surface area contributed by atoms with Gasteiger partial charge in [-0.1, -0.05) is 18.2 Å². The van der Waals surface area contributed by atoms with Crippen LogP contribution in [0.3, 0.4) is 0 Å². The quantitative estimate of drug-likeness (QED) is 0.927. The van der Waals surface area contributed by atoms with Crippen LogP contribution < -0.4 is 0 Å². The third-order valence-corrected chi connectivity index (χ3v) is 2.85. The van der Waals surface area contributed by atoms with E-state index in [-0.39, 0.29) is 6.54 Å². The van der Waals surface area contributed by atoms with Gasteiger partial charge in [-0.3, -0.25) is 4.79 Å². The average molecular weight is 289 g/mol. The van der Waals surface area contributed by atoms with Crippen LogP contribution in [0.4, 0.5) is 13.2 Å². The van der Waals surface area contributed by atoms with E-state index in [0.717, 1.165) is 24.0 Å². The minimum Gasteiger partial charge on any atom is -0.479 e. The number of nitrogens with zero attached hydrogens (tertiary/aromatic N) is 1. The third-order valence-electron chi connectivity index (χ3n) is 2.85. The summed E-state index contributed by atoms with van der Waals surface area (Å²) in [5.74, 6) is -2.10. The van der Waals surface area contributed by atoms with Crippen molar-refractivity contribution in [3.8, 4) is 0 Å². The number of carboxylic acids is 1. The van der Waals surface area contributed by atoms with Crippen LogP contribution in [0, 0.1) is 0 Å². The molecular weight excluding hydrogens is 275 g/mol. The second-order valence-corrected chi connectivity index (χ2v) is 4.13. The summed E-state index contributed by atoms with van der Waals surface area (Å²) in [6.07, 6.45) is -4.68. The predicted molar refractivity (Wildman–Crippen MR) is 64.9 cm³/mol. The SMILES string of the molecule is CCN(C(C)=O)C(C(=O)O)c1ccccc1C(F)(F)F. The molecule has 0 aliphatic rings.